The van der Waals surface area contributed by atoms with E-state index in [1.54, 1.807) is 32.3 Å². The van der Waals surface area contributed by atoms with E-state index in [4.69, 9.17) is 4.74 Å². The molecule has 1 aromatic carbocycles. The van der Waals surface area contributed by atoms with Crippen LogP contribution < -0.4 is 5.32 Å². The van der Waals surface area contributed by atoms with Gasteiger partial charge in [-0.25, -0.2) is 4.79 Å². The van der Waals surface area contributed by atoms with Crippen LogP contribution in [0.15, 0.2) is 23.2 Å². The molecule has 0 saturated carbocycles. The van der Waals surface area contributed by atoms with Gasteiger partial charge in [0.25, 0.3) is 0 Å². The number of aliphatic imine (C=N–C) groups is 1. The number of benzene rings is 1. The van der Waals surface area contributed by atoms with Crippen LogP contribution in [-0.4, -0.2) is 25.8 Å². The molecule has 0 bridgehead atoms. The number of rotatable bonds is 4. The van der Waals surface area contributed by atoms with Crippen molar-refractivity contribution in [3.8, 4) is 0 Å². The highest BCUT2D eigenvalue weighted by Crippen LogP contribution is 2.23. The van der Waals surface area contributed by atoms with Crippen molar-refractivity contribution in [2.45, 2.75) is 13.8 Å². The lowest BCUT2D eigenvalue weighted by Crippen LogP contribution is -2.07. The third-order valence-corrected chi connectivity index (χ3v) is 2.05. The quantitative estimate of drug-likeness (QED) is 0.626. The monoisotopic (exact) mass is 220 g/mol. The summed E-state index contributed by atoms with van der Waals surface area (Å²) >= 11 is 0. The van der Waals surface area contributed by atoms with E-state index in [0.29, 0.717) is 12.2 Å². The molecular weight excluding hydrogens is 204 g/mol. The normalized spacial score (nSPS) is 10.4. The van der Waals surface area contributed by atoms with Gasteiger partial charge in [-0.3, -0.25) is 4.99 Å². The van der Waals surface area contributed by atoms with Crippen LogP contribution in [0.1, 0.15) is 24.2 Å². The molecule has 0 aromatic heterocycles. The predicted octanol–water partition coefficient (Wildman–Crippen LogP) is 2.63. The maximum absolute atomic E-state index is 11.6. The van der Waals surface area contributed by atoms with Gasteiger partial charge in [0.1, 0.15) is 0 Å². The van der Waals surface area contributed by atoms with E-state index >= 15 is 0 Å². The Bertz CT molecular complexity index is 400. The Hall–Kier alpha value is -1.84. The van der Waals surface area contributed by atoms with Gasteiger partial charge >= 0.3 is 5.97 Å². The molecule has 4 heteroatoms. The van der Waals surface area contributed by atoms with E-state index in [1.165, 1.54) is 0 Å². The number of hydrogen-bond donors (Lipinski definition) is 1. The summed E-state index contributed by atoms with van der Waals surface area (Å²) in [4.78, 5) is 15.7. The van der Waals surface area contributed by atoms with Crippen molar-refractivity contribution in [1.82, 2.24) is 0 Å². The summed E-state index contributed by atoms with van der Waals surface area (Å²) in [5, 5.41) is 2.96. The molecule has 0 spiro atoms. The number of anilines is 1. The Morgan fingerprint density at radius 1 is 1.56 bits per heavy atom. The van der Waals surface area contributed by atoms with E-state index in [0.717, 1.165) is 11.4 Å². The van der Waals surface area contributed by atoms with Crippen LogP contribution in [0.5, 0.6) is 0 Å². The number of nitrogens with zero attached hydrogens (tertiary/aromatic N) is 1. The highest BCUT2D eigenvalue weighted by molar-refractivity contribution is 5.96. The van der Waals surface area contributed by atoms with Crippen LogP contribution in [0.3, 0.4) is 0 Å². The summed E-state index contributed by atoms with van der Waals surface area (Å²) in [5.74, 6) is -0.320. The first-order chi connectivity index (χ1) is 7.72. The molecular formula is C12H16N2O2. The second kappa shape index (κ2) is 5.90. The third kappa shape index (κ3) is 2.82. The van der Waals surface area contributed by atoms with E-state index in [-0.39, 0.29) is 5.97 Å². The maximum atomic E-state index is 11.6. The lowest BCUT2D eigenvalue weighted by Gasteiger charge is -2.08. The third-order valence-electron chi connectivity index (χ3n) is 2.05. The minimum atomic E-state index is -0.320. The standard InChI is InChI=1S/C12H16N2O2/c1-4-14-9-6-7-10(11(8-9)13-3)12(15)16-5-2/h4,6-8,13H,5H2,1-3H3. The SMILES string of the molecule is CC=Nc1ccc(C(=O)OCC)c(NC)c1. The van der Waals surface area contributed by atoms with Crippen LogP contribution in [0, 0.1) is 0 Å². The molecule has 0 heterocycles. The molecule has 86 valence electrons. The zero-order valence-corrected chi connectivity index (χ0v) is 9.78. The van der Waals surface area contributed by atoms with E-state index in [2.05, 4.69) is 10.3 Å². The van der Waals surface area contributed by atoms with Gasteiger partial charge in [0.05, 0.1) is 23.5 Å². The molecule has 0 unspecified atom stereocenters. The summed E-state index contributed by atoms with van der Waals surface area (Å²) in [5.41, 5.74) is 2.06. The van der Waals surface area contributed by atoms with Gasteiger partial charge < -0.3 is 10.1 Å². The summed E-state index contributed by atoms with van der Waals surface area (Å²) < 4.78 is 4.95. The molecule has 0 saturated heterocycles. The van der Waals surface area contributed by atoms with Gasteiger partial charge in [0, 0.05) is 13.3 Å². The smallest absolute Gasteiger partial charge is 0.340 e. The summed E-state index contributed by atoms with van der Waals surface area (Å²) in [6.07, 6.45) is 1.71. The van der Waals surface area contributed by atoms with E-state index in [9.17, 15) is 4.79 Å². The van der Waals surface area contributed by atoms with E-state index in [1.807, 2.05) is 13.0 Å². The molecule has 0 amide bonds. The van der Waals surface area contributed by atoms with Crippen molar-refractivity contribution >= 4 is 23.6 Å². The highest BCUT2D eigenvalue weighted by Gasteiger charge is 2.11. The van der Waals surface area contributed by atoms with Crippen molar-refractivity contribution in [2.75, 3.05) is 19.0 Å². The lowest BCUT2D eigenvalue weighted by atomic mass is 10.1. The number of carbonyl (C=O) groups excluding carboxylic acids is 1. The fourth-order valence-corrected chi connectivity index (χ4v) is 1.36. The maximum Gasteiger partial charge on any atom is 0.340 e. The molecule has 0 aliphatic heterocycles. The fraction of sp³-hybridized carbons (Fsp3) is 0.333. The largest absolute Gasteiger partial charge is 0.462 e. The molecule has 0 atom stereocenters. The first-order valence-corrected chi connectivity index (χ1v) is 5.20. The number of carbonyl (C=O) groups is 1. The van der Waals surface area contributed by atoms with Crippen LogP contribution in [0.2, 0.25) is 0 Å². The van der Waals surface area contributed by atoms with Crippen molar-refractivity contribution < 1.29 is 9.53 Å². The molecule has 1 N–H and O–H groups in total. The number of hydrogen-bond acceptors (Lipinski definition) is 4. The molecule has 16 heavy (non-hydrogen) atoms. The topological polar surface area (TPSA) is 50.7 Å². The van der Waals surface area contributed by atoms with Gasteiger partial charge in [0.2, 0.25) is 0 Å². The van der Waals surface area contributed by atoms with Crippen LogP contribution in [0.25, 0.3) is 0 Å². The van der Waals surface area contributed by atoms with Crippen LogP contribution >= 0.6 is 0 Å². The Labute approximate surface area is 95.3 Å². The molecule has 0 radical (unpaired) electrons. The van der Waals surface area contributed by atoms with Gasteiger partial charge in [-0.15, -0.1) is 0 Å². The van der Waals surface area contributed by atoms with Gasteiger partial charge in [-0.2, -0.15) is 0 Å². The van der Waals surface area contributed by atoms with Crippen LogP contribution in [0.4, 0.5) is 11.4 Å². The zero-order valence-electron chi connectivity index (χ0n) is 9.78. The highest BCUT2D eigenvalue weighted by atomic mass is 16.5. The Balaban J connectivity index is 3.06. The average molecular weight is 220 g/mol. The van der Waals surface area contributed by atoms with Gasteiger partial charge in [-0.05, 0) is 32.0 Å². The van der Waals surface area contributed by atoms with Gasteiger partial charge in [-0.1, -0.05) is 0 Å². The van der Waals surface area contributed by atoms with Crippen molar-refractivity contribution in [2.24, 2.45) is 4.99 Å². The first-order valence-electron chi connectivity index (χ1n) is 5.20. The zero-order chi connectivity index (χ0) is 12.0. The minimum Gasteiger partial charge on any atom is -0.462 e. The first kappa shape index (κ1) is 12.2. The molecule has 0 aliphatic rings. The molecule has 1 rings (SSSR count). The van der Waals surface area contributed by atoms with Crippen molar-refractivity contribution in [3.63, 3.8) is 0 Å². The van der Waals surface area contributed by atoms with Gasteiger partial charge in [0.15, 0.2) is 0 Å². The fourth-order valence-electron chi connectivity index (χ4n) is 1.36. The van der Waals surface area contributed by atoms with E-state index < -0.39 is 0 Å². The Kier molecular flexibility index (Phi) is 4.51. The second-order valence-electron chi connectivity index (χ2n) is 3.09. The van der Waals surface area contributed by atoms with Crippen LogP contribution in [-0.2, 0) is 4.74 Å². The Morgan fingerprint density at radius 3 is 2.88 bits per heavy atom. The lowest BCUT2D eigenvalue weighted by molar-refractivity contribution is 0.0527. The van der Waals surface area contributed by atoms with Crippen molar-refractivity contribution in [3.05, 3.63) is 23.8 Å². The summed E-state index contributed by atoms with van der Waals surface area (Å²) in [7, 11) is 1.76. The summed E-state index contributed by atoms with van der Waals surface area (Å²) in [6, 6.07) is 5.31. The number of esters is 1. The predicted molar refractivity (Wildman–Crippen MR) is 65.8 cm³/mol. The summed E-state index contributed by atoms with van der Waals surface area (Å²) in [6.45, 7) is 4.00. The molecule has 0 aliphatic carbocycles. The Morgan fingerprint density at radius 2 is 2.31 bits per heavy atom. The second-order valence-corrected chi connectivity index (χ2v) is 3.09. The van der Waals surface area contributed by atoms with Crippen molar-refractivity contribution in [1.29, 1.82) is 0 Å². The number of nitrogens with one attached hydrogen (secondary N) is 1. The molecule has 4 nitrogen and oxygen atoms in total. The molecule has 1 aromatic rings. The minimum absolute atomic E-state index is 0.320. The molecule has 0 fully saturated rings. The number of ether oxygens (including phenoxy) is 1. The average Bonchev–Trinajstić information content (AvgIpc) is 2.29.